The van der Waals surface area contributed by atoms with Crippen LogP contribution >= 0.6 is 0 Å². The van der Waals surface area contributed by atoms with Gasteiger partial charge in [-0.15, -0.1) is 13.2 Å². The number of alkyl halides is 3. The Hall–Kier alpha value is -3.29. The number of hydrogen-bond donors (Lipinski definition) is 0. The van der Waals surface area contributed by atoms with Crippen LogP contribution < -0.4 is 9.47 Å². The zero-order valence-electron chi connectivity index (χ0n) is 20.3. The minimum Gasteiger partial charge on any atom is -0.490 e. The number of esters is 1. The van der Waals surface area contributed by atoms with Crippen LogP contribution in [-0.4, -0.2) is 29.8 Å². The first-order valence-corrected chi connectivity index (χ1v) is 10.7. The highest BCUT2D eigenvalue weighted by Crippen LogP contribution is 2.33. The first-order chi connectivity index (χ1) is 15.6. The van der Waals surface area contributed by atoms with Crippen molar-refractivity contribution in [2.45, 2.75) is 66.5 Å². The van der Waals surface area contributed by atoms with Gasteiger partial charge in [0.05, 0.1) is 11.7 Å². The molecule has 34 heavy (non-hydrogen) atoms. The number of allylic oxidation sites excluding steroid dienone is 1. The molecule has 0 bridgehead atoms. The minimum absolute atomic E-state index is 0.191. The fourth-order valence-electron chi connectivity index (χ4n) is 3.24. The van der Waals surface area contributed by atoms with E-state index in [2.05, 4.69) is 4.74 Å². The number of benzene rings is 2. The Bertz CT molecular complexity index is 1080. The standard InChI is InChI=1S/C26H29F3O5/c1-15(2)32-23-17(4)22(24(31)34-25(5,6)7)16(3)14-19(23)10-13-21(30)18-8-11-20(12-9-18)33-26(27,28)29/h8-15H,1-7H3/b13-10+. The number of carbonyl (C=O) groups is 2. The number of rotatable bonds is 7. The lowest BCUT2D eigenvalue weighted by Gasteiger charge is -2.23. The van der Waals surface area contributed by atoms with Gasteiger partial charge in [0, 0.05) is 16.7 Å². The van der Waals surface area contributed by atoms with Gasteiger partial charge in [-0.3, -0.25) is 4.79 Å². The van der Waals surface area contributed by atoms with Gasteiger partial charge < -0.3 is 14.2 Å². The van der Waals surface area contributed by atoms with E-state index in [0.717, 1.165) is 12.1 Å². The predicted octanol–water partition coefficient (Wildman–Crippen LogP) is 6.84. The SMILES string of the molecule is Cc1cc(/C=C/C(=O)c2ccc(OC(F)(F)F)cc2)c(OC(C)C)c(C)c1C(=O)OC(C)(C)C. The van der Waals surface area contributed by atoms with Crippen LogP contribution in [0.25, 0.3) is 6.08 Å². The summed E-state index contributed by atoms with van der Waals surface area (Å²) in [4.78, 5) is 25.4. The summed E-state index contributed by atoms with van der Waals surface area (Å²) in [5.41, 5.74) is 1.75. The van der Waals surface area contributed by atoms with E-state index in [1.807, 2.05) is 13.8 Å². The van der Waals surface area contributed by atoms with Gasteiger partial charge in [-0.2, -0.15) is 0 Å². The van der Waals surface area contributed by atoms with Crippen LogP contribution in [0.15, 0.2) is 36.4 Å². The van der Waals surface area contributed by atoms with Crippen LogP contribution in [-0.2, 0) is 4.74 Å². The van der Waals surface area contributed by atoms with Crippen LogP contribution in [0.3, 0.4) is 0 Å². The van der Waals surface area contributed by atoms with Gasteiger partial charge in [0.2, 0.25) is 0 Å². The Balaban J connectivity index is 2.38. The van der Waals surface area contributed by atoms with E-state index in [4.69, 9.17) is 9.47 Å². The molecule has 0 N–H and O–H groups in total. The molecule has 0 fully saturated rings. The molecule has 0 saturated heterocycles. The number of carbonyl (C=O) groups excluding carboxylic acids is 2. The summed E-state index contributed by atoms with van der Waals surface area (Å²) in [6, 6.07) is 6.38. The van der Waals surface area contributed by atoms with Gasteiger partial charge in [-0.25, -0.2) is 4.79 Å². The number of hydrogen-bond acceptors (Lipinski definition) is 5. The van der Waals surface area contributed by atoms with Crippen LogP contribution in [0.2, 0.25) is 0 Å². The second kappa shape index (κ2) is 10.3. The smallest absolute Gasteiger partial charge is 0.490 e. The summed E-state index contributed by atoms with van der Waals surface area (Å²) in [7, 11) is 0. The van der Waals surface area contributed by atoms with Crippen molar-refractivity contribution < 1.29 is 37.0 Å². The number of aryl methyl sites for hydroxylation is 1. The average molecular weight is 479 g/mol. The molecule has 0 unspecified atom stereocenters. The van der Waals surface area contributed by atoms with Crippen molar-refractivity contribution in [3.63, 3.8) is 0 Å². The van der Waals surface area contributed by atoms with E-state index in [1.165, 1.54) is 18.2 Å². The zero-order valence-corrected chi connectivity index (χ0v) is 20.3. The van der Waals surface area contributed by atoms with Crippen molar-refractivity contribution in [1.82, 2.24) is 0 Å². The maximum atomic E-state index is 12.8. The molecule has 5 nitrogen and oxygen atoms in total. The highest BCUT2D eigenvalue weighted by molar-refractivity contribution is 6.07. The molecule has 0 aliphatic heterocycles. The molecule has 2 rings (SSSR count). The van der Waals surface area contributed by atoms with Crippen LogP contribution in [0.1, 0.15) is 72.0 Å². The third-order valence-electron chi connectivity index (χ3n) is 4.49. The summed E-state index contributed by atoms with van der Waals surface area (Å²) >= 11 is 0. The monoisotopic (exact) mass is 478 g/mol. The number of ether oxygens (including phenoxy) is 3. The predicted molar refractivity (Wildman–Crippen MR) is 123 cm³/mol. The quantitative estimate of drug-likeness (QED) is 0.248. The highest BCUT2D eigenvalue weighted by atomic mass is 19.4. The Labute approximate surface area is 197 Å². The molecule has 0 aromatic heterocycles. The number of halogens is 3. The molecule has 0 atom stereocenters. The maximum absolute atomic E-state index is 12.8. The molecule has 0 amide bonds. The minimum atomic E-state index is -4.81. The van der Waals surface area contributed by atoms with Gasteiger partial charge in [-0.05, 0) is 96.5 Å². The normalized spacial score (nSPS) is 12.2. The van der Waals surface area contributed by atoms with Crippen molar-refractivity contribution in [3.8, 4) is 11.5 Å². The van der Waals surface area contributed by atoms with Crippen LogP contribution in [0.5, 0.6) is 11.5 Å². The first-order valence-electron chi connectivity index (χ1n) is 10.7. The Morgan fingerprint density at radius 2 is 1.59 bits per heavy atom. The first kappa shape index (κ1) is 27.0. The summed E-state index contributed by atoms with van der Waals surface area (Å²) in [5.74, 6) is -0.853. The Kier molecular flexibility index (Phi) is 8.18. The molecular weight excluding hydrogens is 449 g/mol. The van der Waals surface area contributed by atoms with Gasteiger partial charge in [-0.1, -0.05) is 0 Å². The van der Waals surface area contributed by atoms with Gasteiger partial charge in [0.25, 0.3) is 0 Å². The van der Waals surface area contributed by atoms with E-state index in [1.54, 1.807) is 46.8 Å². The van der Waals surface area contributed by atoms with Crippen molar-refractivity contribution in [3.05, 3.63) is 64.2 Å². The van der Waals surface area contributed by atoms with Crippen molar-refractivity contribution in [1.29, 1.82) is 0 Å². The molecule has 0 saturated carbocycles. The van der Waals surface area contributed by atoms with Crippen molar-refractivity contribution in [2.75, 3.05) is 0 Å². The Morgan fingerprint density at radius 1 is 1.00 bits per heavy atom. The summed E-state index contributed by atoms with van der Waals surface area (Å²) < 4.78 is 52.3. The molecule has 0 aliphatic carbocycles. The van der Waals surface area contributed by atoms with E-state index in [0.29, 0.717) is 28.0 Å². The highest BCUT2D eigenvalue weighted by Gasteiger charge is 2.31. The zero-order chi connectivity index (χ0) is 25.8. The van der Waals surface area contributed by atoms with Gasteiger partial charge in [0.1, 0.15) is 17.1 Å². The second-order valence-corrected chi connectivity index (χ2v) is 9.05. The molecule has 8 heteroatoms. The number of ketones is 1. The lowest BCUT2D eigenvalue weighted by Crippen LogP contribution is -2.25. The fraction of sp³-hybridized carbons (Fsp3) is 0.385. The van der Waals surface area contributed by atoms with Gasteiger partial charge >= 0.3 is 12.3 Å². The van der Waals surface area contributed by atoms with Crippen LogP contribution in [0, 0.1) is 13.8 Å². The summed E-state index contributed by atoms with van der Waals surface area (Å²) in [6.07, 6.45) is -2.15. The second-order valence-electron chi connectivity index (χ2n) is 9.05. The molecule has 2 aromatic rings. The third-order valence-corrected chi connectivity index (χ3v) is 4.49. The van der Waals surface area contributed by atoms with E-state index in [9.17, 15) is 22.8 Å². The molecule has 0 heterocycles. The summed E-state index contributed by atoms with van der Waals surface area (Å²) in [5, 5.41) is 0. The lowest BCUT2D eigenvalue weighted by molar-refractivity contribution is -0.274. The summed E-state index contributed by atoms with van der Waals surface area (Å²) in [6.45, 7) is 12.6. The van der Waals surface area contributed by atoms with Gasteiger partial charge in [0.15, 0.2) is 5.78 Å². The Morgan fingerprint density at radius 3 is 2.09 bits per heavy atom. The molecule has 0 radical (unpaired) electrons. The average Bonchev–Trinajstić information content (AvgIpc) is 2.66. The maximum Gasteiger partial charge on any atom is 0.573 e. The van der Waals surface area contributed by atoms with Crippen molar-refractivity contribution in [2.24, 2.45) is 0 Å². The lowest BCUT2D eigenvalue weighted by atomic mass is 9.96. The largest absolute Gasteiger partial charge is 0.573 e. The van der Waals surface area contributed by atoms with Crippen LogP contribution in [0.4, 0.5) is 13.2 Å². The molecule has 0 spiro atoms. The third kappa shape index (κ3) is 7.64. The van der Waals surface area contributed by atoms with Crippen molar-refractivity contribution >= 4 is 17.8 Å². The van der Waals surface area contributed by atoms with E-state index >= 15 is 0 Å². The fourth-order valence-corrected chi connectivity index (χ4v) is 3.24. The van der Waals surface area contributed by atoms with E-state index in [-0.39, 0.29) is 11.7 Å². The topological polar surface area (TPSA) is 61.8 Å². The van der Waals surface area contributed by atoms with E-state index < -0.39 is 29.5 Å². The molecule has 184 valence electrons. The molecular formula is C26H29F3O5. The molecule has 0 aliphatic rings. The molecule has 2 aromatic carbocycles.